The number of carbonyl (C=O) groups excluding carboxylic acids is 3. The lowest BCUT2D eigenvalue weighted by atomic mass is 10.3. The van der Waals surface area contributed by atoms with E-state index >= 15 is 0 Å². The highest BCUT2D eigenvalue weighted by Crippen LogP contribution is 1.98. The van der Waals surface area contributed by atoms with Crippen LogP contribution in [0.3, 0.4) is 0 Å². The quantitative estimate of drug-likeness (QED) is 0.287. The van der Waals surface area contributed by atoms with E-state index < -0.39 is 24.5 Å². The predicted molar refractivity (Wildman–Crippen MR) is 67.2 cm³/mol. The summed E-state index contributed by atoms with van der Waals surface area (Å²) in [5.74, 6) is -1.98. The van der Waals surface area contributed by atoms with E-state index in [1.54, 1.807) is 6.92 Å². The highest BCUT2D eigenvalue weighted by molar-refractivity contribution is 5.96. The van der Waals surface area contributed by atoms with Gasteiger partial charge in [0.05, 0.1) is 13.2 Å². The fourth-order valence-electron chi connectivity index (χ4n) is 1.02. The average Bonchev–Trinajstić information content (AvgIpc) is 2.37. The van der Waals surface area contributed by atoms with Crippen molar-refractivity contribution >= 4 is 17.9 Å². The molecule has 19 heavy (non-hydrogen) atoms. The van der Waals surface area contributed by atoms with Gasteiger partial charge in [-0.05, 0) is 20.3 Å². The molecule has 0 aromatic heterocycles. The summed E-state index contributed by atoms with van der Waals surface area (Å²) < 4.78 is 14.1. The minimum absolute atomic E-state index is 0.117. The van der Waals surface area contributed by atoms with Crippen molar-refractivity contribution in [2.75, 3.05) is 19.8 Å². The van der Waals surface area contributed by atoms with Crippen molar-refractivity contribution in [3.05, 3.63) is 11.6 Å². The van der Waals surface area contributed by atoms with Crippen LogP contribution in [0.25, 0.3) is 0 Å². The molecular formula is C13H20O6. The summed E-state index contributed by atoms with van der Waals surface area (Å²) in [4.78, 5) is 33.6. The molecule has 0 unspecified atom stereocenters. The first-order valence-corrected chi connectivity index (χ1v) is 6.19. The monoisotopic (exact) mass is 272 g/mol. The Labute approximate surface area is 112 Å². The second-order valence-corrected chi connectivity index (χ2v) is 3.73. The molecule has 0 fully saturated rings. The predicted octanol–water partition coefficient (Wildman–Crippen LogP) is 1.38. The van der Waals surface area contributed by atoms with Crippen LogP contribution in [0, 0.1) is 0 Å². The summed E-state index contributed by atoms with van der Waals surface area (Å²) in [6, 6.07) is 0. The molecule has 0 spiro atoms. The first-order valence-electron chi connectivity index (χ1n) is 6.19. The molecule has 0 bridgehead atoms. The topological polar surface area (TPSA) is 78.9 Å². The fraction of sp³-hybridized carbons (Fsp3) is 0.615. The summed E-state index contributed by atoms with van der Waals surface area (Å²) in [5, 5.41) is 0. The van der Waals surface area contributed by atoms with Gasteiger partial charge >= 0.3 is 17.9 Å². The molecule has 0 aliphatic rings. The van der Waals surface area contributed by atoms with E-state index in [9.17, 15) is 14.4 Å². The molecule has 0 amide bonds. The second kappa shape index (κ2) is 10.1. The van der Waals surface area contributed by atoms with E-state index in [2.05, 4.69) is 9.47 Å². The number of rotatable bonds is 8. The number of ether oxygens (including phenoxy) is 3. The molecule has 0 radical (unpaired) electrons. The molecule has 6 nitrogen and oxygen atoms in total. The van der Waals surface area contributed by atoms with Gasteiger partial charge in [0, 0.05) is 11.6 Å². The standard InChI is InChI=1S/C13H20O6/c1-4-6-7-18-12(15)9-19-11(14)8-10(3)13(16)17-5-2/h8H,4-7,9H2,1-3H3/b10-8-. The van der Waals surface area contributed by atoms with Gasteiger partial charge in [0.25, 0.3) is 0 Å². The van der Waals surface area contributed by atoms with Crippen molar-refractivity contribution in [1.29, 1.82) is 0 Å². The molecule has 0 heterocycles. The van der Waals surface area contributed by atoms with Gasteiger partial charge in [-0.2, -0.15) is 0 Å². The van der Waals surface area contributed by atoms with E-state index in [4.69, 9.17) is 4.74 Å². The lowest BCUT2D eigenvalue weighted by molar-refractivity contribution is -0.156. The maximum absolute atomic E-state index is 11.3. The minimum atomic E-state index is -0.780. The van der Waals surface area contributed by atoms with Gasteiger partial charge < -0.3 is 14.2 Å². The minimum Gasteiger partial charge on any atom is -0.463 e. The number of hydrogen-bond acceptors (Lipinski definition) is 6. The van der Waals surface area contributed by atoms with Crippen molar-refractivity contribution in [2.24, 2.45) is 0 Å². The third kappa shape index (κ3) is 8.82. The molecule has 108 valence electrons. The van der Waals surface area contributed by atoms with Gasteiger partial charge in [0.1, 0.15) is 0 Å². The van der Waals surface area contributed by atoms with E-state index in [0.29, 0.717) is 6.61 Å². The van der Waals surface area contributed by atoms with Crippen molar-refractivity contribution < 1.29 is 28.6 Å². The zero-order valence-corrected chi connectivity index (χ0v) is 11.6. The largest absolute Gasteiger partial charge is 0.463 e. The van der Waals surface area contributed by atoms with Gasteiger partial charge in [0.2, 0.25) is 0 Å². The maximum atomic E-state index is 11.3. The summed E-state index contributed by atoms with van der Waals surface area (Å²) >= 11 is 0. The first-order chi connectivity index (χ1) is 9.01. The molecule has 0 aliphatic heterocycles. The Hall–Kier alpha value is -1.85. The molecule has 0 saturated carbocycles. The number of hydrogen-bond donors (Lipinski definition) is 0. The van der Waals surface area contributed by atoms with Crippen LogP contribution < -0.4 is 0 Å². The van der Waals surface area contributed by atoms with Gasteiger partial charge in [-0.25, -0.2) is 14.4 Å². The van der Waals surface area contributed by atoms with Gasteiger partial charge in [0.15, 0.2) is 6.61 Å². The Morgan fingerprint density at radius 3 is 2.32 bits per heavy atom. The SMILES string of the molecule is CCCCOC(=O)COC(=O)/C=C(/C)C(=O)OCC. The number of esters is 3. The van der Waals surface area contributed by atoms with E-state index in [1.807, 2.05) is 6.92 Å². The Balaban J connectivity index is 4.01. The fourth-order valence-corrected chi connectivity index (χ4v) is 1.02. The molecule has 0 aromatic rings. The van der Waals surface area contributed by atoms with Crippen LogP contribution in [-0.4, -0.2) is 37.7 Å². The molecule has 0 N–H and O–H groups in total. The van der Waals surface area contributed by atoms with Crippen LogP contribution in [0.15, 0.2) is 11.6 Å². The van der Waals surface area contributed by atoms with E-state index in [1.165, 1.54) is 6.92 Å². The second-order valence-electron chi connectivity index (χ2n) is 3.73. The van der Waals surface area contributed by atoms with Crippen molar-refractivity contribution in [1.82, 2.24) is 0 Å². The Morgan fingerprint density at radius 1 is 1.05 bits per heavy atom. The normalized spacial score (nSPS) is 10.8. The van der Waals surface area contributed by atoms with Crippen LogP contribution in [-0.2, 0) is 28.6 Å². The molecule has 6 heteroatoms. The van der Waals surface area contributed by atoms with Gasteiger partial charge in [-0.15, -0.1) is 0 Å². The maximum Gasteiger partial charge on any atom is 0.344 e. The number of unbranched alkanes of at least 4 members (excludes halogenated alkanes) is 1. The zero-order chi connectivity index (χ0) is 14.7. The number of carbonyl (C=O) groups is 3. The zero-order valence-electron chi connectivity index (χ0n) is 11.6. The third-order valence-electron chi connectivity index (χ3n) is 2.02. The lowest BCUT2D eigenvalue weighted by Crippen LogP contribution is -2.16. The highest BCUT2D eigenvalue weighted by atomic mass is 16.6. The van der Waals surface area contributed by atoms with Crippen molar-refractivity contribution in [3.63, 3.8) is 0 Å². The molecule has 0 rings (SSSR count). The van der Waals surface area contributed by atoms with E-state index in [-0.39, 0.29) is 12.2 Å². The van der Waals surface area contributed by atoms with Crippen LogP contribution in [0.1, 0.15) is 33.6 Å². The smallest absolute Gasteiger partial charge is 0.344 e. The molecule has 0 aromatic carbocycles. The van der Waals surface area contributed by atoms with Gasteiger partial charge in [-0.1, -0.05) is 13.3 Å². The third-order valence-corrected chi connectivity index (χ3v) is 2.02. The summed E-state index contributed by atoms with van der Waals surface area (Å²) in [7, 11) is 0. The lowest BCUT2D eigenvalue weighted by Gasteiger charge is -2.04. The van der Waals surface area contributed by atoms with Gasteiger partial charge in [-0.3, -0.25) is 0 Å². The molecule has 0 aliphatic carbocycles. The van der Waals surface area contributed by atoms with Crippen LogP contribution in [0.4, 0.5) is 0 Å². The van der Waals surface area contributed by atoms with Crippen LogP contribution >= 0.6 is 0 Å². The molecular weight excluding hydrogens is 252 g/mol. The van der Waals surface area contributed by atoms with E-state index in [0.717, 1.165) is 18.9 Å². The first kappa shape index (κ1) is 17.2. The average molecular weight is 272 g/mol. The van der Waals surface area contributed by atoms with Crippen molar-refractivity contribution in [3.8, 4) is 0 Å². The van der Waals surface area contributed by atoms with Crippen LogP contribution in [0.2, 0.25) is 0 Å². The summed E-state index contributed by atoms with van der Waals surface area (Å²) in [5.41, 5.74) is 0.117. The Morgan fingerprint density at radius 2 is 1.74 bits per heavy atom. The Bertz CT molecular complexity index is 345. The highest BCUT2D eigenvalue weighted by Gasteiger charge is 2.10. The van der Waals surface area contributed by atoms with Crippen molar-refractivity contribution in [2.45, 2.75) is 33.6 Å². The Kier molecular flexibility index (Phi) is 9.12. The summed E-state index contributed by atoms with van der Waals surface area (Å²) in [6.45, 7) is 5.13. The molecule has 0 atom stereocenters. The molecule has 0 saturated heterocycles. The summed E-state index contributed by atoms with van der Waals surface area (Å²) in [6.07, 6.45) is 2.66. The van der Waals surface area contributed by atoms with Crippen LogP contribution in [0.5, 0.6) is 0 Å².